The number of aliphatic hydroxyl groups is 1. The predicted molar refractivity (Wildman–Crippen MR) is 52.9 cm³/mol. The Morgan fingerprint density at radius 2 is 1.92 bits per heavy atom. The van der Waals surface area contributed by atoms with Gasteiger partial charge in [0.15, 0.2) is 0 Å². The Hall–Kier alpha value is -0.130. The second-order valence-electron chi connectivity index (χ2n) is 3.42. The first-order chi connectivity index (χ1) is 5.93. The highest BCUT2D eigenvalue weighted by molar-refractivity contribution is 7.89. The zero-order valence-electron chi connectivity index (χ0n) is 8.45. The van der Waals surface area contributed by atoms with Gasteiger partial charge in [0, 0.05) is 6.04 Å². The van der Waals surface area contributed by atoms with Crippen LogP contribution in [0.2, 0.25) is 0 Å². The van der Waals surface area contributed by atoms with Gasteiger partial charge in [-0.25, -0.2) is 13.1 Å². The zero-order chi connectivity index (χ0) is 10.5. The number of rotatable bonds is 6. The Morgan fingerprint density at radius 1 is 1.38 bits per heavy atom. The van der Waals surface area contributed by atoms with Crippen LogP contribution in [-0.2, 0) is 10.0 Å². The van der Waals surface area contributed by atoms with Crippen molar-refractivity contribution >= 4 is 10.0 Å². The minimum absolute atomic E-state index is 0.0310. The van der Waals surface area contributed by atoms with Crippen molar-refractivity contribution in [1.82, 2.24) is 4.72 Å². The summed E-state index contributed by atoms with van der Waals surface area (Å²) in [6.07, 6.45) is 0.766. The van der Waals surface area contributed by atoms with Crippen LogP contribution in [0.4, 0.5) is 0 Å². The molecule has 0 bridgehead atoms. The van der Waals surface area contributed by atoms with Crippen molar-refractivity contribution < 1.29 is 13.5 Å². The van der Waals surface area contributed by atoms with Gasteiger partial charge < -0.3 is 5.11 Å². The molecule has 0 fully saturated rings. The van der Waals surface area contributed by atoms with Gasteiger partial charge in [-0.3, -0.25) is 0 Å². The molecule has 0 rings (SSSR count). The molecule has 0 spiro atoms. The maximum absolute atomic E-state index is 11.2. The standard InChI is InChI=1S/C8H19NO3S/c1-4-8(7(2)3)9-13(11,12)6-5-10/h7-10H,4-6H2,1-3H3. The lowest BCUT2D eigenvalue weighted by atomic mass is 10.0. The first kappa shape index (κ1) is 12.9. The van der Waals surface area contributed by atoms with Crippen molar-refractivity contribution in [2.24, 2.45) is 5.92 Å². The molecule has 0 amide bonds. The van der Waals surface area contributed by atoms with Crippen LogP contribution in [0.3, 0.4) is 0 Å². The van der Waals surface area contributed by atoms with Gasteiger partial charge in [-0.05, 0) is 12.3 Å². The van der Waals surface area contributed by atoms with E-state index in [9.17, 15) is 8.42 Å². The van der Waals surface area contributed by atoms with E-state index < -0.39 is 10.0 Å². The number of hydrogen-bond acceptors (Lipinski definition) is 3. The monoisotopic (exact) mass is 209 g/mol. The van der Waals surface area contributed by atoms with Gasteiger partial charge >= 0.3 is 0 Å². The minimum atomic E-state index is -3.29. The first-order valence-corrected chi connectivity index (χ1v) is 6.19. The Balaban J connectivity index is 4.23. The number of nitrogens with one attached hydrogen (secondary N) is 1. The van der Waals surface area contributed by atoms with E-state index in [2.05, 4.69) is 4.72 Å². The average Bonchev–Trinajstić information content (AvgIpc) is 1.99. The molecule has 1 unspecified atom stereocenters. The fourth-order valence-corrected chi connectivity index (χ4v) is 2.36. The third kappa shape index (κ3) is 5.23. The summed E-state index contributed by atoms with van der Waals surface area (Å²) >= 11 is 0. The van der Waals surface area contributed by atoms with Crippen LogP contribution in [0.5, 0.6) is 0 Å². The lowest BCUT2D eigenvalue weighted by Gasteiger charge is -2.20. The molecule has 0 aliphatic heterocycles. The van der Waals surface area contributed by atoms with Crippen LogP contribution in [-0.4, -0.2) is 31.9 Å². The largest absolute Gasteiger partial charge is 0.395 e. The van der Waals surface area contributed by atoms with Gasteiger partial charge in [-0.15, -0.1) is 0 Å². The molecule has 0 heterocycles. The van der Waals surface area contributed by atoms with Crippen LogP contribution in [0, 0.1) is 5.92 Å². The first-order valence-electron chi connectivity index (χ1n) is 4.53. The lowest BCUT2D eigenvalue weighted by molar-refractivity contribution is 0.318. The van der Waals surface area contributed by atoms with Gasteiger partial charge in [-0.2, -0.15) is 0 Å². The molecule has 0 aromatic carbocycles. The highest BCUT2D eigenvalue weighted by Crippen LogP contribution is 2.06. The van der Waals surface area contributed by atoms with Crippen LogP contribution in [0.15, 0.2) is 0 Å². The molecule has 0 saturated heterocycles. The maximum Gasteiger partial charge on any atom is 0.214 e. The Kier molecular flexibility index (Phi) is 5.51. The summed E-state index contributed by atoms with van der Waals surface area (Å²) in [6, 6.07) is -0.0310. The van der Waals surface area contributed by atoms with E-state index in [1.165, 1.54) is 0 Å². The van der Waals surface area contributed by atoms with E-state index in [0.717, 1.165) is 6.42 Å². The van der Waals surface area contributed by atoms with Gasteiger partial charge in [-0.1, -0.05) is 20.8 Å². The van der Waals surface area contributed by atoms with Crippen molar-refractivity contribution in [3.8, 4) is 0 Å². The molecule has 0 aliphatic rings. The Labute approximate surface area is 80.4 Å². The molecule has 0 aromatic heterocycles. The van der Waals surface area contributed by atoms with Gasteiger partial charge in [0.05, 0.1) is 12.4 Å². The molecule has 0 saturated carbocycles. The van der Waals surface area contributed by atoms with Crippen LogP contribution in [0.25, 0.3) is 0 Å². The number of sulfonamides is 1. The van der Waals surface area contributed by atoms with Crippen molar-refractivity contribution in [2.45, 2.75) is 33.2 Å². The average molecular weight is 209 g/mol. The summed E-state index contributed by atoms with van der Waals surface area (Å²) in [5.41, 5.74) is 0. The van der Waals surface area contributed by atoms with E-state index in [0.29, 0.717) is 0 Å². The zero-order valence-corrected chi connectivity index (χ0v) is 9.26. The highest BCUT2D eigenvalue weighted by atomic mass is 32.2. The van der Waals surface area contributed by atoms with E-state index in [1.54, 1.807) is 0 Å². The quantitative estimate of drug-likeness (QED) is 0.662. The third-order valence-electron chi connectivity index (χ3n) is 1.94. The van der Waals surface area contributed by atoms with Crippen molar-refractivity contribution in [3.63, 3.8) is 0 Å². The molecule has 4 nitrogen and oxygen atoms in total. The summed E-state index contributed by atoms with van der Waals surface area (Å²) < 4.78 is 25.0. The third-order valence-corrected chi connectivity index (χ3v) is 3.32. The molecule has 0 aliphatic carbocycles. The fourth-order valence-electron chi connectivity index (χ4n) is 1.10. The van der Waals surface area contributed by atoms with Crippen molar-refractivity contribution in [3.05, 3.63) is 0 Å². The molecular weight excluding hydrogens is 190 g/mol. The molecule has 80 valence electrons. The number of aliphatic hydroxyl groups excluding tert-OH is 1. The molecule has 5 heteroatoms. The van der Waals surface area contributed by atoms with Crippen molar-refractivity contribution in [1.29, 1.82) is 0 Å². The van der Waals surface area contributed by atoms with Crippen LogP contribution < -0.4 is 4.72 Å². The summed E-state index contributed by atoms with van der Waals surface area (Å²) in [6.45, 7) is 5.54. The molecule has 0 aromatic rings. The topological polar surface area (TPSA) is 66.4 Å². The predicted octanol–water partition coefficient (Wildman–Crippen LogP) is 0.333. The summed E-state index contributed by atoms with van der Waals surface area (Å²) in [5, 5.41) is 8.51. The Bertz CT molecular complexity index is 224. The van der Waals surface area contributed by atoms with E-state index in [4.69, 9.17) is 5.11 Å². The SMILES string of the molecule is CCC(NS(=O)(=O)CCO)C(C)C. The Morgan fingerprint density at radius 3 is 2.23 bits per heavy atom. The van der Waals surface area contributed by atoms with E-state index in [-0.39, 0.29) is 24.3 Å². The normalized spacial score (nSPS) is 14.8. The van der Waals surface area contributed by atoms with E-state index >= 15 is 0 Å². The molecule has 0 radical (unpaired) electrons. The van der Waals surface area contributed by atoms with Gasteiger partial charge in [0.2, 0.25) is 10.0 Å². The van der Waals surface area contributed by atoms with Crippen LogP contribution >= 0.6 is 0 Å². The maximum atomic E-state index is 11.2. The smallest absolute Gasteiger partial charge is 0.214 e. The number of hydrogen-bond donors (Lipinski definition) is 2. The van der Waals surface area contributed by atoms with Crippen LogP contribution in [0.1, 0.15) is 27.2 Å². The van der Waals surface area contributed by atoms with Gasteiger partial charge in [0.1, 0.15) is 0 Å². The second-order valence-corrected chi connectivity index (χ2v) is 5.29. The highest BCUT2D eigenvalue weighted by Gasteiger charge is 2.18. The summed E-state index contributed by atoms with van der Waals surface area (Å²) in [4.78, 5) is 0. The van der Waals surface area contributed by atoms with Crippen molar-refractivity contribution in [2.75, 3.05) is 12.4 Å². The second kappa shape index (κ2) is 5.57. The van der Waals surface area contributed by atoms with E-state index in [1.807, 2.05) is 20.8 Å². The molecule has 1 atom stereocenters. The fraction of sp³-hybridized carbons (Fsp3) is 1.00. The molecule has 13 heavy (non-hydrogen) atoms. The lowest BCUT2D eigenvalue weighted by Crippen LogP contribution is -2.39. The minimum Gasteiger partial charge on any atom is -0.395 e. The summed E-state index contributed by atoms with van der Waals surface area (Å²) in [7, 11) is -3.29. The molecular formula is C8H19NO3S. The molecule has 2 N–H and O–H groups in total. The van der Waals surface area contributed by atoms with Gasteiger partial charge in [0.25, 0.3) is 0 Å². The summed E-state index contributed by atoms with van der Waals surface area (Å²) in [5.74, 6) is 0.0643.